The molecule has 0 N–H and O–H groups in total. The number of allylic oxidation sites excluding steroid dienone is 1. The third-order valence-corrected chi connectivity index (χ3v) is 4.64. The Hall–Kier alpha value is -2.33. The molecule has 0 aliphatic carbocycles. The van der Waals surface area contributed by atoms with Crippen molar-refractivity contribution in [2.75, 3.05) is 7.11 Å². The highest BCUT2D eigenvalue weighted by molar-refractivity contribution is 8.13. The minimum atomic E-state index is -0.415. The van der Waals surface area contributed by atoms with Crippen LogP contribution in [0.1, 0.15) is 41.6 Å². The van der Waals surface area contributed by atoms with Crippen molar-refractivity contribution in [2.45, 2.75) is 30.6 Å². The maximum atomic E-state index is 12.1. The summed E-state index contributed by atoms with van der Waals surface area (Å²) in [6.45, 7) is 0. The van der Waals surface area contributed by atoms with Crippen LogP contribution in [0, 0.1) is 0 Å². The number of thioether (sulfide) groups is 1. The smallest absolute Gasteiger partial charge is 0.339 e. The molecule has 130 valence electrons. The van der Waals surface area contributed by atoms with Crippen LogP contribution in [0.25, 0.3) is 6.08 Å². The molecule has 25 heavy (non-hydrogen) atoms. The Morgan fingerprint density at radius 3 is 2.48 bits per heavy atom. The summed E-state index contributed by atoms with van der Waals surface area (Å²) in [6.07, 6.45) is 7.49. The highest BCUT2D eigenvalue weighted by Crippen LogP contribution is 2.25. The van der Waals surface area contributed by atoms with Gasteiger partial charge in [0, 0.05) is 11.3 Å². The van der Waals surface area contributed by atoms with Crippen LogP contribution in [0.3, 0.4) is 0 Å². The first-order valence-electron chi connectivity index (χ1n) is 8.30. The molecule has 3 nitrogen and oxygen atoms in total. The molecule has 0 bridgehead atoms. The summed E-state index contributed by atoms with van der Waals surface area (Å²) in [7, 11) is 1.34. The number of benzene rings is 2. The molecule has 0 unspecified atom stereocenters. The molecule has 2 rings (SSSR count). The van der Waals surface area contributed by atoms with E-state index in [0.717, 1.165) is 31.0 Å². The zero-order valence-corrected chi connectivity index (χ0v) is 15.1. The van der Waals surface area contributed by atoms with Crippen molar-refractivity contribution in [3.8, 4) is 0 Å². The Balaban J connectivity index is 1.73. The molecule has 0 heterocycles. The third kappa shape index (κ3) is 6.59. The van der Waals surface area contributed by atoms with Crippen LogP contribution < -0.4 is 0 Å². The zero-order chi connectivity index (χ0) is 17.9. The molecule has 2 aromatic carbocycles. The number of hydrogen-bond acceptors (Lipinski definition) is 4. The van der Waals surface area contributed by atoms with E-state index >= 15 is 0 Å². The number of carbonyl (C=O) groups excluding carboxylic acids is 2. The van der Waals surface area contributed by atoms with E-state index in [1.165, 1.54) is 12.7 Å². The Labute approximate surface area is 153 Å². The summed E-state index contributed by atoms with van der Waals surface area (Å²) in [4.78, 5) is 24.5. The summed E-state index contributed by atoms with van der Waals surface area (Å²) in [5.41, 5.74) is 1.63. The molecule has 4 heteroatoms. The topological polar surface area (TPSA) is 43.4 Å². The molecular formula is C21H22O3S. The molecule has 0 fully saturated rings. The van der Waals surface area contributed by atoms with Gasteiger partial charge in [-0.3, -0.25) is 4.79 Å². The largest absolute Gasteiger partial charge is 0.465 e. The SMILES string of the molecule is COC(=O)c1ccccc1SC(=O)CCCC/C=C\c1ccccc1. The van der Waals surface area contributed by atoms with Gasteiger partial charge in [-0.2, -0.15) is 0 Å². The lowest BCUT2D eigenvalue weighted by molar-refractivity contribution is -0.111. The van der Waals surface area contributed by atoms with E-state index in [-0.39, 0.29) is 5.12 Å². The number of methoxy groups -OCH3 is 1. The van der Waals surface area contributed by atoms with E-state index in [2.05, 4.69) is 24.3 Å². The highest BCUT2D eigenvalue weighted by atomic mass is 32.2. The lowest BCUT2D eigenvalue weighted by Gasteiger charge is -2.06. The van der Waals surface area contributed by atoms with Crippen LogP contribution in [0.15, 0.2) is 65.6 Å². The Morgan fingerprint density at radius 2 is 1.72 bits per heavy atom. The first-order valence-corrected chi connectivity index (χ1v) is 9.12. The predicted molar refractivity (Wildman–Crippen MR) is 103 cm³/mol. The molecule has 0 amide bonds. The Morgan fingerprint density at radius 1 is 1.00 bits per heavy atom. The van der Waals surface area contributed by atoms with Crippen molar-refractivity contribution in [3.63, 3.8) is 0 Å². The zero-order valence-electron chi connectivity index (χ0n) is 14.3. The maximum absolute atomic E-state index is 12.1. The van der Waals surface area contributed by atoms with Crippen LogP contribution >= 0.6 is 11.8 Å². The molecule has 0 atom stereocenters. The maximum Gasteiger partial charge on any atom is 0.339 e. The predicted octanol–water partition coefficient (Wildman–Crippen LogP) is 5.37. The van der Waals surface area contributed by atoms with Crippen molar-refractivity contribution in [3.05, 3.63) is 71.8 Å². The molecule has 0 saturated carbocycles. The molecule has 0 saturated heterocycles. The van der Waals surface area contributed by atoms with E-state index in [1.54, 1.807) is 18.2 Å². The van der Waals surface area contributed by atoms with Crippen LogP contribution in [0.4, 0.5) is 0 Å². The molecular weight excluding hydrogens is 332 g/mol. The van der Waals surface area contributed by atoms with Gasteiger partial charge < -0.3 is 4.74 Å². The fourth-order valence-corrected chi connectivity index (χ4v) is 3.22. The van der Waals surface area contributed by atoms with Crippen molar-refractivity contribution in [1.82, 2.24) is 0 Å². The fourth-order valence-electron chi connectivity index (χ4n) is 2.32. The van der Waals surface area contributed by atoms with Gasteiger partial charge in [-0.25, -0.2) is 4.79 Å². The van der Waals surface area contributed by atoms with Gasteiger partial charge in [-0.05, 0) is 37.0 Å². The second-order valence-corrected chi connectivity index (χ2v) is 6.62. The van der Waals surface area contributed by atoms with Crippen molar-refractivity contribution in [1.29, 1.82) is 0 Å². The van der Waals surface area contributed by atoms with Gasteiger partial charge in [0.2, 0.25) is 0 Å². The van der Waals surface area contributed by atoms with Gasteiger partial charge in [0.25, 0.3) is 0 Å². The average Bonchev–Trinajstić information content (AvgIpc) is 2.65. The first kappa shape index (κ1) is 19.0. The van der Waals surface area contributed by atoms with E-state index in [9.17, 15) is 9.59 Å². The van der Waals surface area contributed by atoms with Gasteiger partial charge in [-0.15, -0.1) is 0 Å². The van der Waals surface area contributed by atoms with Crippen LogP contribution in [0.5, 0.6) is 0 Å². The van der Waals surface area contributed by atoms with Gasteiger partial charge in [-0.1, -0.05) is 66.4 Å². The van der Waals surface area contributed by atoms with Crippen LogP contribution in [-0.4, -0.2) is 18.2 Å². The Bertz CT molecular complexity index is 723. The van der Waals surface area contributed by atoms with E-state index in [1.807, 2.05) is 24.3 Å². The summed E-state index contributed by atoms with van der Waals surface area (Å²) in [6, 6.07) is 17.2. The summed E-state index contributed by atoms with van der Waals surface area (Å²) < 4.78 is 4.75. The second kappa shape index (κ2) is 10.5. The minimum absolute atomic E-state index is 0.0726. The number of rotatable bonds is 8. The van der Waals surface area contributed by atoms with E-state index in [0.29, 0.717) is 16.9 Å². The fraction of sp³-hybridized carbons (Fsp3) is 0.238. The lowest BCUT2D eigenvalue weighted by Crippen LogP contribution is -2.04. The quantitative estimate of drug-likeness (QED) is 0.363. The van der Waals surface area contributed by atoms with Gasteiger partial charge in [0.15, 0.2) is 5.12 Å². The number of unbranched alkanes of at least 4 members (excludes halogenated alkanes) is 2. The first-order chi connectivity index (χ1) is 12.2. The molecule has 0 radical (unpaired) electrons. The van der Waals surface area contributed by atoms with Gasteiger partial charge >= 0.3 is 5.97 Å². The number of esters is 1. The standard InChI is InChI=1S/C21H22O3S/c1-24-21(23)18-14-9-10-15-19(18)25-20(22)16-8-3-2-5-11-17-12-6-4-7-13-17/h4-7,9-15H,2-3,8,16H2,1H3/b11-5-. The minimum Gasteiger partial charge on any atom is -0.465 e. The number of carbonyl (C=O) groups is 2. The highest BCUT2D eigenvalue weighted by Gasteiger charge is 2.14. The van der Waals surface area contributed by atoms with Crippen molar-refractivity contribution in [2.24, 2.45) is 0 Å². The van der Waals surface area contributed by atoms with E-state index < -0.39 is 5.97 Å². The number of ether oxygens (including phenoxy) is 1. The molecule has 2 aromatic rings. The van der Waals surface area contributed by atoms with Gasteiger partial charge in [0.1, 0.15) is 0 Å². The lowest BCUT2D eigenvalue weighted by atomic mass is 10.1. The third-order valence-electron chi connectivity index (χ3n) is 3.63. The monoisotopic (exact) mass is 354 g/mol. The molecule has 0 aromatic heterocycles. The van der Waals surface area contributed by atoms with Crippen LogP contribution in [-0.2, 0) is 9.53 Å². The molecule has 0 aliphatic heterocycles. The van der Waals surface area contributed by atoms with E-state index in [4.69, 9.17) is 4.74 Å². The molecule has 0 aliphatic rings. The van der Waals surface area contributed by atoms with Gasteiger partial charge in [0.05, 0.1) is 12.7 Å². The summed E-state index contributed by atoms with van der Waals surface area (Å²) >= 11 is 1.12. The average molecular weight is 354 g/mol. The molecule has 0 spiro atoms. The summed E-state index contributed by atoms with van der Waals surface area (Å²) in [5.74, 6) is -0.415. The second-order valence-electron chi connectivity index (χ2n) is 5.52. The summed E-state index contributed by atoms with van der Waals surface area (Å²) in [5, 5.41) is 0.0726. The van der Waals surface area contributed by atoms with Crippen molar-refractivity contribution >= 4 is 28.9 Å². The normalized spacial score (nSPS) is 10.8. The van der Waals surface area contributed by atoms with Crippen molar-refractivity contribution < 1.29 is 14.3 Å². The van der Waals surface area contributed by atoms with Crippen LogP contribution in [0.2, 0.25) is 0 Å². The number of hydrogen-bond donors (Lipinski definition) is 0. The Kier molecular flexibility index (Phi) is 7.99.